The van der Waals surface area contributed by atoms with Gasteiger partial charge in [0, 0.05) is 6.54 Å². The van der Waals surface area contributed by atoms with Gasteiger partial charge >= 0.3 is 0 Å². The van der Waals surface area contributed by atoms with E-state index >= 15 is 0 Å². The van der Waals surface area contributed by atoms with Crippen LogP contribution in [0.2, 0.25) is 0 Å². The molecule has 7 nitrogen and oxygen atoms in total. The van der Waals surface area contributed by atoms with Gasteiger partial charge in [-0.2, -0.15) is 0 Å². The van der Waals surface area contributed by atoms with Crippen molar-refractivity contribution in [1.29, 1.82) is 0 Å². The normalized spacial score (nSPS) is 10.8. The van der Waals surface area contributed by atoms with Crippen LogP contribution in [0.25, 0.3) is 22.0 Å². The third kappa shape index (κ3) is 5.39. The molecule has 0 aliphatic rings. The fraction of sp³-hybridized carbons (Fsp3) is 0.100. The number of carbonyl (C=O) groups excluding carboxylic acids is 1. The van der Waals surface area contributed by atoms with Gasteiger partial charge in [0.15, 0.2) is 17.4 Å². The second-order valence-corrected chi connectivity index (χ2v) is 8.57. The summed E-state index contributed by atoms with van der Waals surface area (Å²) in [7, 11) is 1.56. The molecule has 0 aliphatic heterocycles. The van der Waals surface area contributed by atoms with Gasteiger partial charge in [-0.3, -0.25) is 9.59 Å². The van der Waals surface area contributed by atoms with Crippen LogP contribution in [0, 0.1) is 5.82 Å². The molecule has 0 spiro atoms. The lowest BCUT2D eigenvalue weighted by atomic mass is 10.0. The van der Waals surface area contributed by atoms with Gasteiger partial charge in [-0.1, -0.05) is 66.7 Å². The van der Waals surface area contributed by atoms with Crippen LogP contribution in [0.1, 0.15) is 21.7 Å². The van der Waals surface area contributed by atoms with Crippen LogP contribution in [0.5, 0.6) is 11.5 Å². The Bertz CT molecular complexity index is 1650. The van der Waals surface area contributed by atoms with Gasteiger partial charge in [-0.15, -0.1) is 0 Å². The smallest absolute Gasteiger partial charge is 0.287 e. The van der Waals surface area contributed by atoms with Crippen LogP contribution in [-0.4, -0.2) is 23.0 Å². The molecule has 1 amide bonds. The highest BCUT2D eigenvalue weighted by atomic mass is 19.1. The van der Waals surface area contributed by atoms with Gasteiger partial charge in [0.1, 0.15) is 17.7 Å². The van der Waals surface area contributed by atoms with Gasteiger partial charge in [0.25, 0.3) is 11.5 Å². The third-order valence-electron chi connectivity index (χ3n) is 6.03. The van der Waals surface area contributed by atoms with Crippen molar-refractivity contribution in [2.75, 3.05) is 7.11 Å². The minimum absolute atomic E-state index is 0.0489. The fourth-order valence-corrected chi connectivity index (χ4v) is 4.05. The van der Waals surface area contributed by atoms with Gasteiger partial charge in [-0.25, -0.2) is 9.37 Å². The summed E-state index contributed by atoms with van der Waals surface area (Å²) in [5, 5.41) is 2.66. The Kier molecular flexibility index (Phi) is 7.13. The molecular weight excluding hydrogens is 485 g/mol. The number of hydrogen-bond donors (Lipinski definition) is 2. The number of nitrogens with one attached hydrogen (secondary N) is 2. The molecule has 5 aromatic rings. The number of ether oxygens (including phenoxy) is 2. The number of methoxy groups -OCH3 is 1. The van der Waals surface area contributed by atoms with E-state index in [0.29, 0.717) is 5.75 Å². The monoisotopic (exact) mass is 509 g/mol. The number of aromatic nitrogens is 2. The Balaban J connectivity index is 1.33. The Labute approximate surface area is 217 Å². The number of halogens is 1. The van der Waals surface area contributed by atoms with Crippen LogP contribution in [0.3, 0.4) is 0 Å². The van der Waals surface area contributed by atoms with Crippen molar-refractivity contribution in [2.45, 2.75) is 13.2 Å². The Morgan fingerprint density at radius 3 is 2.45 bits per heavy atom. The van der Waals surface area contributed by atoms with Crippen LogP contribution < -0.4 is 20.3 Å². The second kappa shape index (κ2) is 11.0. The molecule has 1 aromatic heterocycles. The highest BCUT2D eigenvalue weighted by Gasteiger charge is 2.18. The predicted molar refractivity (Wildman–Crippen MR) is 143 cm³/mol. The van der Waals surface area contributed by atoms with Crippen LogP contribution in [0.4, 0.5) is 4.39 Å². The van der Waals surface area contributed by atoms with Crippen molar-refractivity contribution in [3.63, 3.8) is 0 Å². The number of hydrogen-bond acceptors (Lipinski definition) is 5. The van der Waals surface area contributed by atoms with E-state index in [9.17, 15) is 14.0 Å². The van der Waals surface area contributed by atoms with E-state index < -0.39 is 17.3 Å². The molecule has 5 rings (SSSR count). The molecule has 0 saturated heterocycles. The first-order chi connectivity index (χ1) is 18.5. The quantitative estimate of drug-likeness (QED) is 0.298. The summed E-state index contributed by atoms with van der Waals surface area (Å²) in [6.07, 6.45) is 0. The van der Waals surface area contributed by atoms with Gasteiger partial charge in [0.05, 0.1) is 12.6 Å². The first-order valence-electron chi connectivity index (χ1n) is 11.9. The van der Waals surface area contributed by atoms with E-state index in [4.69, 9.17) is 9.47 Å². The van der Waals surface area contributed by atoms with E-state index in [1.165, 1.54) is 12.1 Å². The lowest BCUT2D eigenvalue weighted by Gasteiger charge is -2.11. The van der Waals surface area contributed by atoms with Crippen molar-refractivity contribution >= 4 is 16.8 Å². The lowest BCUT2D eigenvalue weighted by molar-refractivity contribution is 0.0940. The molecule has 1 heterocycles. The Hall–Kier alpha value is -4.98. The minimum Gasteiger partial charge on any atom is -0.497 e. The SMILES string of the molecule is COc1cccc(CNC(=O)c2nc3ccc(F)c(OCc4ccc(-c5ccccc5)cc4)c3c(=O)[nH]2)c1. The summed E-state index contributed by atoms with van der Waals surface area (Å²) >= 11 is 0. The third-order valence-corrected chi connectivity index (χ3v) is 6.03. The fourth-order valence-electron chi connectivity index (χ4n) is 4.05. The second-order valence-electron chi connectivity index (χ2n) is 8.57. The van der Waals surface area contributed by atoms with Crippen molar-refractivity contribution < 1.29 is 18.7 Å². The van der Waals surface area contributed by atoms with E-state index in [0.717, 1.165) is 22.3 Å². The average Bonchev–Trinajstić information content (AvgIpc) is 2.96. The molecule has 0 saturated carbocycles. The maximum absolute atomic E-state index is 14.7. The molecule has 4 aromatic carbocycles. The molecule has 0 bridgehead atoms. The standard InChI is InChI=1S/C30H24FN3O4/c1-37-23-9-5-6-20(16-23)17-32-30(36)28-33-25-15-14-24(31)27(26(25)29(35)34-28)38-18-19-10-12-22(13-11-19)21-7-3-2-4-8-21/h2-16H,17-18H2,1H3,(H,32,36)(H,33,34,35). The van der Waals surface area contributed by atoms with Gasteiger partial charge in [-0.05, 0) is 46.5 Å². The van der Waals surface area contributed by atoms with E-state index in [1.807, 2.05) is 66.7 Å². The van der Waals surface area contributed by atoms with Crippen LogP contribution in [-0.2, 0) is 13.2 Å². The van der Waals surface area contributed by atoms with Crippen molar-refractivity contribution in [2.24, 2.45) is 0 Å². The Morgan fingerprint density at radius 2 is 1.68 bits per heavy atom. The largest absolute Gasteiger partial charge is 0.497 e. The zero-order valence-corrected chi connectivity index (χ0v) is 20.5. The van der Waals surface area contributed by atoms with Gasteiger partial charge < -0.3 is 19.8 Å². The number of benzene rings is 4. The molecule has 190 valence electrons. The first-order valence-corrected chi connectivity index (χ1v) is 11.9. The van der Waals surface area contributed by atoms with Crippen LogP contribution in [0.15, 0.2) is 95.8 Å². The first kappa shape index (κ1) is 24.7. The maximum atomic E-state index is 14.7. The topological polar surface area (TPSA) is 93.3 Å². The number of aromatic amines is 1. The molecule has 8 heteroatoms. The molecule has 38 heavy (non-hydrogen) atoms. The number of fused-ring (bicyclic) bond motifs is 1. The van der Waals surface area contributed by atoms with Crippen molar-refractivity contribution in [1.82, 2.24) is 15.3 Å². The van der Waals surface area contributed by atoms with Gasteiger partial charge in [0.2, 0.25) is 0 Å². The number of amides is 1. The maximum Gasteiger partial charge on any atom is 0.287 e. The summed E-state index contributed by atoms with van der Waals surface area (Å²) in [6, 6.07) is 27.4. The highest BCUT2D eigenvalue weighted by Crippen LogP contribution is 2.27. The summed E-state index contributed by atoms with van der Waals surface area (Å²) in [6.45, 7) is 0.256. The highest BCUT2D eigenvalue weighted by molar-refractivity contribution is 5.93. The zero-order valence-electron chi connectivity index (χ0n) is 20.5. The molecule has 2 N–H and O–H groups in total. The number of rotatable bonds is 8. The van der Waals surface area contributed by atoms with Crippen molar-refractivity contribution in [3.05, 3.63) is 124 Å². The summed E-state index contributed by atoms with van der Waals surface area (Å²) in [5.74, 6) is -1.00. The predicted octanol–water partition coefficient (Wildman–Crippen LogP) is 5.25. The zero-order chi connectivity index (χ0) is 26.5. The molecule has 0 unspecified atom stereocenters. The summed E-state index contributed by atoms with van der Waals surface area (Å²) in [4.78, 5) is 32.3. The molecule has 0 aliphatic carbocycles. The van der Waals surface area contributed by atoms with E-state index in [1.54, 1.807) is 19.2 Å². The average molecular weight is 510 g/mol. The Morgan fingerprint density at radius 1 is 0.921 bits per heavy atom. The molecule has 0 fully saturated rings. The molecule has 0 radical (unpaired) electrons. The summed E-state index contributed by atoms with van der Waals surface area (Å²) < 4.78 is 25.7. The molecule has 0 atom stereocenters. The molecular formula is C30H24FN3O4. The van der Waals surface area contributed by atoms with E-state index in [-0.39, 0.29) is 35.6 Å². The minimum atomic E-state index is -0.694. The van der Waals surface area contributed by atoms with Crippen molar-refractivity contribution in [3.8, 4) is 22.6 Å². The number of nitrogens with zero attached hydrogens (tertiary/aromatic N) is 1. The number of carbonyl (C=O) groups is 1. The van der Waals surface area contributed by atoms with Crippen LogP contribution >= 0.6 is 0 Å². The van der Waals surface area contributed by atoms with E-state index in [2.05, 4.69) is 15.3 Å². The summed E-state index contributed by atoms with van der Waals surface area (Å²) in [5.41, 5.74) is 3.23. The lowest BCUT2D eigenvalue weighted by Crippen LogP contribution is -2.27. The number of H-pyrrole nitrogens is 1.